The van der Waals surface area contributed by atoms with Crippen LogP contribution in [0.3, 0.4) is 0 Å². The topological polar surface area (TPSA) is 54.5 Å². The molecule has 1 aliphatic rings. The van der Waals surface area contributed by atoms with Crippen molar-refractivity contribution in [3.8, 4) is 0 Å². The molecule has 1 saturated heterocycles. The number of carbonyl (C=O) groups excluding carboxylic acids is 3. The Balaban J connectivity index is 1.90. The molecule has 2 unspecified atom stereocenters. The number of rotatable bonds is 4. The summed E-state index contributed by atoms with van der Waals surface area (Å²) in [5.74, 6) is -1.70. The molecule has 0 radical (unpaired) electrons. The van der Waals surface area contributed by atoms with Crippen molar-refractivity contribution >= 4 is 17.6 Å². The molecule has 2 atom stereocenters. The molecular weight excluding hydrogens is 350 g/mol. The quantitative estimate of drug-likeness (QED) is 0.395. The molecular formula is C24H19NO3. The van der Waals surface area contributed by atoms with Crippen molar-refractivity contribution in [2.75, 3.05) is 0 Å². The Morgan fingerprint density at radius 1 is 0.750 bits per heavy atom. The Bertz CT molecular complexity index is 1030. The van der Waals surface area contributed by atoms with E-state index in [9.17, 15) is 14.4 Å². The molecule has 1 aliphatic heterocycles. The maximum atomic E-state index is 13.7. The van der Waals surface area contributed by atoms with Gasteiger partial charge in [-0.1, -0.05) is 85.8 Å². The number of hydrogen-bond donors (Lipinski definition) is 0. The summed E-state index contributed by atoms with van der Waals surface area (Å²) < 4.78 is 0. The molecule has 138 valence electrons. The van der Waals surface area contributed by atoms with E-state index in [1.54, 1.807) is 73.7 Å². The van der Waals surface area contributed by atoms with Crippen LogP contribution in [0.2, 0.25) is 0 Å². The Morgan fingerprint density at radius 2 is 1.21 bits per heavy atom. The molecule has 1 heterocycles. The molecule has 1 fully saturated rings. The second kappa shape index (κ2) is 6.89. The second-order valence-corrected chi connectivity index (χ2v) is 6.89. The standard InChI is InChI=1S/C24H19NO3/c1-17-22(27)25(23(28)19-13-7-3-8-14-19)24(17,20-15-9-4-10-16-20)21(26)18-11-5-2-6-12-18/h2-17H,1H3. The van der Waals surface area contributed by atoms with Gasteiger partial charge in [-0.05, 0) is 17.7 Å². The van der Waals surface area contributed by atoms with Crippen molar-refractivity contribution in [2.45, 2.75) is 12.5 Å². The minimum Gasteiger partial charge on any atom is -0.291 e. The SMILES string of the molecule is CC1C(=O)N(C(=O)c2ccccc2)C1(C(=O)c1ccccc1)c1ccccc1. The molecule has 4 nitrogen and oxygen atoms in total. The highest BCUT2D eigenvalue weighted by Gasteiger charge is 2.65. The van der Waals surface area contributed by atoms with E-state index in [0.717, 1.165) is 4.90 Å². The molecule has 0 spiro atoms. The van der Waals surface area contributed by atoms with E-state index in [1.165, 1.54) is 0 Å². The molecule has 2 amide bonds. The number of benzene rings is 3. The van der Waals surface area contributed by atoms with Crippen LogP contribution in [-0.2, 0) is 10.3 Å². The molecule has 0 bridgehead atoms. The highest BCUT2D eigenvalue weighted by molar-refractivity contribution is 6.20. The van der Waals surface area contributed by atoms with Crippen molar-refractivity contribution < 1.29 is 14.4 Å². The first-order valence-electron chi connectivity index (χ1n) is 9.17. The van der Waals surface area contributed by atoms with Gasteiger partial charge >= 0.3 is 0 Å². The van der Waals surface area contributed by atoms with Gasteiger partial charge in [0.25, 0.3) is 5.91 Å². The molecule has 0 saturated carbocycles. The molecule has 0 N–H and O–H groups in total. The third kappa shape index (κ3) is 2.49. The maximum absolute atomic E-state index is 13.7. The lowest BCUT2D eigenvalue weighted by Crippen LogP contribution is -2.72. The Kier molecular flexibility index (Phi) is 4.40. The van der Waals surface area contributed by atoms with Crippen molar-refractivity contribution in [3.05, 3.63) is 108 Å². The average Bonchev–Trinajstić information content (AvgIpc) is 2.77. The number of nitrogens with zero attached hydrogens (tertiary/aromatic N) is 1. The lowest BCUT2D eigenvalue weighted by Gasteiger charge is -2.54. The van der Waals surface area contributed by atoms with Gasteiger partial charge < -0.3 is 0 Å². The first-order chi connectivity index (χ1) is 13.6. The van der Waals surface area contributed by atoms with Gasteiger partial charge in [-0.15, -0.1) is 0 Å². The molecule has 4 rings (SSSR count). The van der Waals surface area contributed by atoms with Gasteiger partial charge in [-0.3, -0.25) is 19.3 Å². The summed E-state index contributed by atoms with van der Waals surface area (Å²) in [5.41, 5.74) is 0.132. The van der Waals surface area contributed by atoms with E-state index in [2.05, 4.69) is 0 Å². The van der Waals surface area contributed by atoms with Crippen LogP contribution in [0.4, 0.5) is 0 Å². The van der Waals surface area contributed by atoms with Gasteiger partial charge in [-0.2, -0.15) is 0 Å². The third-order valence-electron chi connectivity index (χ3n) is 5.39. The molecule has 0 aliphatic carbocycles. The number of likely N-dealkylation sites (tertiary alicyclic amines) is 1. The van der Waals surface area contributed by atoms with E-state index in [0.29, 0.717) is 16.7 Å². The monoisotopic (exact) mass is 369 g/mol. The summed E-state index contributed by atoms with van der Waals surface area (Å²) in [6.07, 6.45) is 0. The van der Waals surface area contributed by atoms with Gasteiger partial charge in [0.2, 0.25) is 5.91 Å². The van der Waals surface area contributed by atoms with Crippen LogP contribution in [0.5, 0.6) is 0 Å². The normalized spacial score (nSPS) is 21.1. The summed E-state index contributed by atoms with van der Waals surface area (Å²) in [5, 5.41) is 0. The van der Waals surface area contributed by atoms with Gasteiger partial charge in [0.1, 0.15) is 0 Å². The minimum atomic E-state index is -1.35. The van der Waals surface area contributed by atoms with Gasteiger partial charge in [0.05, 0.1) is 5.92 Å². The van der Waals surface area contributed by atoms with E-state index in [-0.39, 0.29) is 11.7 Å². The fourth-order valence-electron chi connectivity index (χ4n) is 3.95. The molecule has 3 aromatic rings. The van der Waals surface area contributed by atoms with Crippen LogP contribution in [0.15, 0.2) is 91.0 Å². The lowest BCUT2D eigenvalue weighted by atomic mass is 9.65. The molecule has 3 aromatic carbocycles. The number of carbonyl (C=O) groups is 3. The predicted molar refractivity (Wildman–Crippen MR) is 106 cm³/mol. The molecule has 4 heteroatoms. The van der Waals surface area contributed by atoms with Gasteiger partial charge in [0, 0.05) is 11.1 Å². The van der Waals surface area contributed by atoms with Crippen molar-refractivity contribution in [2.24, 2.45) is 5.92 Å². The van der Waals surface area contributed by atoms with Crippen LogP contribution in [0.25, 0.3) is 0 Å². The van der Waals surface area contributed by atoms with E-state index in [1.807, 2.05) is 24.3 Å². The molecule has 0 aromatic heterocycles. The highest BCUT2D eigenvalue weighted by atomic mass is 16.2. The zero-order valence-electron chi connectivity index (χ0n) is 15.4. The number of ketones is 1. The zero-order valence-corrected chi connectivity index (χ0v) is 15.4. The highest BCUT2D eigenvalue weighted by Crippen LogP contribution is 2.49. The van der Waals surface area contributed by atoms with Crippen molar-refractivity contribution in [3.63, 3.8) is 0 Å². The minimum absolute atomic E-state index is 0.254. The summed E-state index contributed by atoms with van der Waals surface area (Å²) in [7, 11) is 0. The lowest BCUT2D eigenvalue weighted by molar-refractivity contribution is -0.157. The zero-order chi connectivity index (χ0) is 19.7. The van der Waals surface area contributed by atoms with E-state index < -0.39 is 17.4 Å². The molecule has 28 heavy (non-hydrogen) atoms. The van der Waals surface area contributed by atoms with Crippen molar-refractivity contribution in [1.82, 2.24) is 4.90 Å². The first kappa shape index (κ1) is 17.9. The number of imide groups is 1. The largest absolute Gasteiger partial charge is 0.291 e. The number of Topliss-reactive ketones (excluding diaryl/α,β-unsaturated/α-hetero) is 1. The van der Waals surface area contributed by atoms with Gasteiger partial charge in [-0.25, -0.2) is 0 Å². The summed E-state index contributed by atoms with van der Waals surface area (Å²) in [4.78, 5) is 41.0. The fraction of sp³-hybridized carbons (Fsp3) is 0.125. The smallest absolute Gasteiger partial charge is 0.261 e. The fourth-order valence-corrected chi connectivity index (χ4v) is 3.95. The second-order valence-electron chi connectivity index (χ2n) is 6.89. The van der Waals surface area contributed by atoms with Gasteiger partial charge in [0.15, 0.2) is 11.3 Å². The Morgan fingerprint density at radius 3 is 1.75 bits per heavy atom. The summed E-state index contributed by atoms with van der Waals surface area (Å²) in [6.45, 7) is 1.71. The Hall–Kier alpha value is -3.53. The van der Waals surface area contributed by atoms with Crippen LogP contribution in [-0.4, -0.2) is 22.5 Å². The number of amides is 2. The summed E-state index contributed by atoms with van der Waals surface area (Å²) in [6, 6.07) is 26.5. The number of β-lactam (4-membered cyclic amide) rings is 1. The maximum Gasteiger partial charge on any atom is 0.261 e. The first-order valence-corrected chi connectivity index (χ1v) is 9.17. The van der Waals surface area contributed by atoms with Crippen LogP contribution in [0.1, 0.15) is 33.2 Å². The third-order valence-corrected chi connectivity index (χ3v) is 5.39. The van der Waals surface area contributed by atoms with Crippen LogP contribution in [0, 0.1) is 5.92 Å². The predicted octanol–water partition coefficient (Wildman–Crippen LogP) is 4.08. The van der Waals surface area contributed by atoms with Crippen molar-refractivity contribution in [1.29, 1.82) is 0 Å². The van der Waals surface area contributed by atoms with Crippen LogP contribution >= 0.6 is 0 Å². The Labute approximate surface area is 163 Å². The van der Waals surface area contributed by atoms with E-state index >= 15 is 0 Å². The summed E-state index contributed by atoms with van der Waals surface area (Å²) >= 11 is 0. The number of hydrogen-bond acceptors (Lipinski definition) is 3. The van der Waals surface area contributed by atoms with Crippen LogP contribution < -0.4 is 0 Å². The van der Waals surface area contributed by atoms with E-state index in [4.69, 9.17) is 0 Å². The average molecular weight is 369 g/mol.